The molecule has 0 saturated carbocycles. The summed E-state index contributed by atoms with van der Waals surface area (Å²) in [6, 6.07) is 19.2. The standard InChI is InChI=1S/C31H34ClN5O3/c1-22(36-40-20-23-6-10-25(32)11-7-23)24-8-12-26(13-9-24)35-31-27-18-29(38-2)30(19-28(27)33-21-34-31)39-17-5-16-37-14-3-4-15-37/h6-13,18-19,21,36H,1,3-5,14-17,20H2,2H3,(H,33,34,35). The smallest absolute Gasteiger partial charge is 0.163 e. The van der Waals surface area contributed by atoms with E-state index in [2.05, 4.69) is 32.2 Å². The maximum atomic E-state index is 6.09. The van der Waals surface area contributed by atoms with E-state index >= 15 is 0 Å². The van der Waals surface area contributed by atoms with E-state index in [1.165, 1.54) is 25.9 Å². The fourth-order valence-electron chi connectivity index (χ4n) is 4.65. The van der Waals surface area contributed by atoms with E-state index in [9.17, 15) is 0 Å². The average Bonchev–Trinajstić information content (AvgIpc) is 3.50. The number of ether oxygens (including phenoxy) is 2. The number of likely N-dealkylation sites (tertiary alicyclic amines) is 1. The van der Waals surface area contributed by atoms with Crippen molar-refractivity contribution in [2.75, 3.05) is 38.7 Å². The number of aromatic nitrogens is 2. The summed E-state index contributed by atoms with van der Waals surface area (Å²) < 4.78 is 11.7. The molecular formula is C31H34ClN5O3. The van der Waals surface area contributed by atoms with Crippen molar-refractivity contribution >= 4 is 39.7 Å². The van der Waals surface area contributed by atoms with Crippen LogP contribution in [0.2, 0.25) is 5.02 Å². The largest absolute Gasteiger partial charge is 0.493 e. The van der Waals surface area contributed by atoms with E-state index in [0.29, 0.717) is 41.3 Å². The molecule has 1 aliphatic rings. The van der Waals surface area contributed by atoms with Crippen LogP contribution in [0.15, 0.2) is 73.6 Å². The van der Waals surface area contributed by atoms with Crippen molar-refractivity contribution in [1.29, 1.82) is 0 Å². The first-order valence-corrected chi connectivity index (χ1v) is 13.8. The molecule has 0 amide bonds. The maximum Gasteiger partial charge on any atom is 0.163 e. The number of nitrogens with one attached hydrogen (secondary N) is 2. The third kappa shape index (κ3) is 7.21. The van der Waals surface area contributed by atoms with Crippen LogP contribution in [0.1, 0.15) is 30.4 Å². The molecule has 5 rings (SSSR count). The normalized spacial score (nSPS) is 13.3. The van der Waals surface area contributed by atoms with Gasteiger partial charge < -0.3 is 19.7 Å². The molecule has 1 fully saturated rings. The number of halogens is 1. The van der Waals surface area contributed by atoms with Gasteiger partial charge in [0.25, 0.3) is 0 Å². The molecule has 1 aliphatic heterocycles. The zero-order valence-corrected chi connectivity index (χ0v) is 23.4. The second-order valence-electron chi connectivity index (χ2n) is 9.69. The first-order valence-electron chi connectivity index (χ1n) is 13.5. The van der Waals surface area contributed by atoms with Gasteiger partial charge in [0.15, 0.2) is 11.5 Å². The van der Waals surface area contributed by atoms with Crippen LogP contribution in [0.5, 0.6) is 11.5 Å². The average molecular weight is 560 g/mol. The summed E-state index contributed by atoms with van der Waals surface area (Å²) in [5.74, 6) is 2.03. The fraction of sp³-hybridized carbons (Fsp3) is 0.290. The van der Waals surface area contributed by atoms with Gasteiger partial charge in [-0.3, -0.25) is 10.3 Å². The van der Waals surface area contributed by atoms with E-state index in [1.807, 2.05) is 60.7 Å². The van der Waals surface area contributed by atoms with Crippen molar-refractivity contribution in [3.8, 4) is 11.5 Å². The number of benzene rings is 3. The Bertz CT molecular complexity index is 1420. The van der Waals surface area contributed by atoms with Crippen molar-refractivity contribution in [2.24, 2.45) is 0 Å². The molecule has 4 aromatic rings. The van der Waals surface area contributed by atoms with Crippen LogP contribution in [-0.4, -0.2) is 48.2 Å². The summed E-state index contributed by atoms with van der Waals surface area (Å²) in [4.78, 5) is 17.0. The molecule has 2 N–H and O–H groups in total. The first-order chi connectivity index (χ1) is 19.6. The third-order valence-corrected chi connectivity index (χ3v) is 7.09. The molecular weight excluding hydrogens is 526 g/mol. The molecule has 40 heavy (non-hydrogen) atoms. The molecule has 1 aromatic heterocycles. The Balaban J connectivity index is 1.19. The number of rotatable bonds is 13. The molecule has 0 radical (unpaired) electrons. The summed E-state index contributed by atoms with van der Waals surface area (Å²) in [6.45, 7) is 8.55. The van der Waals surface area contributed by atoms with Gasteiger partial charge in [-0.2, -0.15) is 0 Å². The Morgan fingerprint density at radius 3 is 2.52 bits per heavy atom. The minimum atomic E-state index is 0.394. The van der Waals surface area contributed by atoms with Crippen LogP contribution in [-0.2, 0) is 11.4 Å². The predicted octanol–water partition coefficient (Wildman–Crippen LogP) is 6.59. The molecule has 9 heteroatoms. The second kappa shape index (κ2) is 13.5. The highest BCUT2D eigenvalue weighted by Crippen LogP contribution is 2.35. The van der Waals surface area contributed by atoms with E-state index in [1.54, 1.807) is 13.4 Å². The van der Waals surface area contributed by atoms with Crippen LogP contribution in [0, 0.1) is 0 Å². The van der Waals surface area contributed by atoms with Gasteiger partial charge in [0.05, 0.1) is 31.5 Å². The lowest BCUT2D eigenvalue weighted by Crippen LogP contribution is -2.21. The summed E-state index contributed by atoms with van der Waals surface area (Å²) >= 11 is 5.93. The molecule has 0 unspecified atom stereocenters. The van der Waals surface area contributed by atoms with Crippen LogP contribution >= 0.6 is 11.6 Å². The van der Waals surface area contributed by atoms with Gasteiger partial charge >= 0.3 is 0 Å². The van der Waals surface area contributed by atoms with Gasteiger partial charge in [-0.1, -0.05) is 42.4 Å². The summed E-state index contributed by atoms with van der Waals surface area (Å²) in [7, 11) is 1.65. The Kier molecular flexibility index (Phi) is 9.34. The first kappa shape index (κ1) is 27.7. The number of methoxy groups -OCH3 is 1. The van der Waals surface area contributed by atoms with Gasteiger partial charge in [-0.15, -0.1) is 0 Å². The Labute approximate surface area is 239 Å². The third-order valence-electron chi connectivity index (χ3n) is 6.84. The monoisotopic (exact) mass is 559 g/mol. The molecule has 208 valence electrons. The lowest BCUT2D eigenvalue weighted by Gasteiger charge is -2.16. The minimum Gasteiger partial charge on any atom is -0.493 e. The quantitative estimate of drug-likeness (QED) is 0.140. The van der Waals surface area contributed by atoms with Crippen LogP contribution in [0.25, 0.3) is 16.6 Å². The lowest BCUT2D eigenvalue weighted by atomic mass is 10.1. The van der Waals surface area contributed by atoms with Gasteiger partial charge in [-0.05, 0) is 73.8 Å². The number of anilines is 2. The van der Waals surface area contributed by atoms with Crippen molar-refractivity contribution in [3.63, 3.8) is 0 Å². The highest BCUT2D eigenvalue weighted by Gasteiger charge is 2.14. The highest BCUT2D eigenvalue weighted by atomic mass is 35.5. The van der Waals surface area contributed by atoms with Crippen molar-refractivity contribution in [3.05, 3.63) is 89.7 Å². The molecule has 0 bridgehead atoms. The van der Waals surface area contributed by atoms with Crippen LogP contribution < -0.4 is 20.3 Å². The van der Waals surface area contributed by atoms with Crippen molar-refractivity contribution in [1.82, 2.24) is 20.3 Å². The van der Waals surface area contributed by atoms with Crippen LogP contribution in [0.3, 0.4) is 0 Å². The molecule has 2 heterocycles. The van der Waals surface area contributed by atoms with Gasteiger partial charge in [0, 0.05) is 28.7 Å². The molecule has 1 saturated heterocycles. The number of hydrogen-bond acceptors (Lipinski definition) is 8. The van der Waals surface area contributed by atoms with E-state index < -0.39 is 0 Å². The molecule has 0 aliphatic carbocycles. The zero-order chi connectivity index (χ0) is 27.7. The molecule has 0 atom stereocenters. The Hall–Kier alpha value is -3.85. The lowest BCUT2D eigenvalue weighted by molar-refractivity contribution is 0.0648. The van der Waals surface area contributed by atoms with Crippen molar-refractivity contribution in [2.45, 2.75) is 25.9 Å². The SMILES string of the molecule is C=C(NOCc1ccc(Cl)cc1)c1ccc(Nc2ncnc3cc(OCCCN4CCCC4)c(OC)cc23)cc1. The number of nitrogens with zero attached hydrogens (tertiary/aromatic N) is 3. The van der Waals surface area contributed by atoms with E-state index in [4.69, 9.17) is 25.9 Å². The van der Waals surface area contributed by atoms with E-state index in [-0.39, 0.29) is 0 Å². The van der Waals surface area contributed by atoms with Gasteiger partial charge in [0.2, 0.25) is 0 Å². The summed E-state index contributed by atoms with van der Waals surface area (Å²) in [5, 5.41) is 4.93. The Morgan fingerprint density at radius 1 is 1.00 bits per heavy atom. The van der Waals surface area contributed by atoms with Gasteiger partial charge in [-0.25, -0.2) is 9.97 Å². The predicted molar refractivity (Wildman–Crippen MR) is 160 cm³/mol. The summed E-state index contributed by atoms with van der Waals surface area (Å²) in [6.07, 6.45) is 5.12. The highest BCUT2D eigenvalue weighted by molar-refractivity contribution is 6.30. The Morgan fingerprint density at radius 2 is 1.77 bits per heavy atom. The number of hydrogen-bond donors (Lipinski definition) is 2. The number of fused-ring (bicyclic) bond motifs is 1. The minimum absolute atomic E-state index is 0.394. The molecule has 3 aromatic carbocycles. The van der Waals surface area contributed by atoms with Crippen LogP contribution in [0.4, 0.5) is 11.5 Å². The molecule has 8 nitrogen and oxygen atoms in total. The van der Waals surface area contributed by atoms with Crippen molar-refractivity contribution < 1.29 is 14.3 Å². The fourth-order valence-corrected chi connectivity index (χ4v) is 4.78. The van der Waals surface area contributed by atoms with E-state index in [0.717, 1.165) is 40.7 Å². The number of hydroxylamine groups is 1. The summed E-state index contributed by atoms with van der Waals surface area (Å²) in [5.41, 5.74) is 7.13. The van der Waals surface area contributed by atoms with Gasteiger partial charge in [0.1, 0.15) is 12.1 Å². The molecule has 0 spiro atoms. The topological polar surface area (TPSA) is 80.8 Å². The zero-order valence-electron chi connectivity index (χ0n) is 22.7. The maximum absolute atomic E-state index is 6.09. The second-order valence-corrected chi connectivity index (χ2v) is 10.1.